The van der Waals surface area contributed by atoms with Crippen LogP contribution in [0.3, 0.4) is 0 Å². The van der Waals surface area contributed by atoms with Crippen molar-refractivity contribution in [1.29, 1.82) is 0 Å². The van der Waals surface area contributed by atoms with Crippen LogP contribution in [0.15, 0.2) is 66.4 Å². The standard InChI is InChI=1S/C28H26O4/c1-17-8-6-7-9-20(17)15-24-26(29)25-18(2)14-22(16-23(25)32-24)31-27(30)19-10-12-21(13-11-19)28(3,4)5/h6-16H,1-5H3/b24-15-. The molecule has 1 aliphatic heterocycles. The summed E-state index contributed by atoms with van der Waals surface area (Å²) in [6, 6.07) is 18.5. The van der Waals surface area contributed by atoms with E-state index in [1.807, 2.05) is 50.2 Å². The number of fused-ring (bicyclic) bond motifs is 1. The van der Waals surface area contributed by atoms with Crippen molar-refractivity contribution in [2.45, 2.75) is 40.0 Å². The minimum absolute atomic E-state index is 0.00687. The molecule has 3 aromatic carbocycles. The van der Waals surface area contributed by atoms with Gasteiger partial charge in [0.1, 0.15) is 11.5 Å². The van der Waals surface area contributed by atoms with Crippen LogP contribution in [0, 0.1) is 13.8 Å². The Balaban J connectivity index is 1.57. The summed E-state index contributed by atoms with van der Waals surface area (Å²) in [6.07, 6.45) is 1.75. The highest BCUT2D eigenvalue weighted by Gasteiger charge is 2.30. The van der Waals surface area contributed by atoms with Crippen molar-refractivity contribution in [2.24, 2.45) is 0 Å². The molecule has 0 saturated carbocycles. The molecule has 32 heavy (non-hydrogen) atoms. The van der Waals surface area contributed by atoms with Gasteiger partial charge in [0.2, 0.25) is 5.78 Å². The number of carbonyl (C=O) groups is 2. The summed E-state index contributed by atoms with van der Waals surface area (Å²) in [7, 11) is 0. The molecule has 0 saturated heterocycles. The van der Waals surface area contributed by atoms with Gasteiger partial charge < -0.3 is 9.47 Å². The SMILES string of the molecule is Cc1ccccc1/C=C1\Oc2cc(OC(=O)c3ccc(C(C)(C)C)cc3)cc(C)c2C1=O. The van der Waals surface area contributed by atoms with E-state index in [0.717, 1.165) is 16.7 Å². The second-order valence-corrected chi connectivity index (χ2v) is 9.13. The maximum atomic E-state index is 12.9. The average molecular weight is 427 g/mol. The highest BCUT2D eigenvalue weighted by atomic mass is 16.5. The number of rotatable bonds is 3. The number of ether oxygens (including phenoxy) is 2. The minimum Gasteiger partial charge on any atom is -0.452 e. The first kappa shape index (κ1) is 21.6. The third kappa shape index (κ3) is 4.22. The second-order valence-electron chi connectivity index (χ2n) is 9.13. The number of Topliss-reactive ketones (excluding diaryl/α,β-unsaturated/α-hetero) is 1. The highest BCUT2D eigenvalue weighted by Crippen LogP contribution is 2.38. The van der Waals surface area contributed by atoms with E-state index in [9.17, 15) is 9.59 Å². The first-order chi connectivity index (χ1) is 15.1. The number of esters is 1. The summed E-state index contributed by atoms with van der Waals surface area (Å²) < 4.78 is 11.5. The van der Waals surface area contributed by atoms with Crippen LogP contribution in [0.2, 0.25) is 0 Å². The van der Waals surface area contributed by atoms with Crippen LogP contribution in [0.1, 0.15) is 63.7 Å². The summed E-state index contributed by atoms with van der Waals surface area (Å²) >= 11 is 0. The second kappa shape index (κ2) is 8.12. The first-order valence-corrected chi connectivity index (χ1v) is 10.6. The smallest absolute Gasteiger partial charge is 0.343 e. The van der Waals surface area contributed by atoms with Gasteiger partial charge >= 0.3 is 5.97 Å². The van der Waals surface area contributed by atoms with Crippen LogP contribution in [-0.4, -0.2) is 11.8 Å². The summed E-state index contributed by atoms with van der Waals surface area (Å²) in [5.74, 6) is 0.386. The number of aryl methyl sites for hydroxylation is 2. The summed E-state index contributed by atoms with van der Waals surface area (Å²) in [5, 5.41) is 0. The van der Waals surface area contributed by atoms with Gasteiger partial charge in [0.05, 0.1) is 11.1 Å². The van der Waals surface area contributed by atoms with Gasteiger partial charge in [-0.1, -0.05) is 57.2 Å². The number of allylic oxidation sites excluding steroid dienone is 1. The molecule has 0 aromatic heterocycles. The van der Waals surface area contributed by atoms with E-state index in [-0.39, 0.29) is 17.0 Å². The molecule has 0 amide bonds. The van der Waals surface area contributed by atoms with Gasteiger partial charge in [0, 0.05) is 6.07 Å². The molecule has 0 atom stereocenters. The Bertz CT molecular complexity index is 1240. The number of ketones is 1. The lowest BCUT2D eigenvalue weighted by Gasteiger charge is -2.18. The molecule has 3 aromatic rings. The normalized spacial score (nSPS) is 14.3. The predicted molar refractivity (Wildman–Crippen MR) is 125 cm³/mol. The molecule has 0 unspecified atom stereocenters. The Morgan fingerprint density at radius 3 is 2.28 bits per heavy atom. The van der Waals surface area contributed by atoms with Crippen LogP contribution in [0.4, 0.5) is 0 Å². The minimum atomic E-state index is -0.454. The molecule has 1 heterocycles. The monoisotopic (exact) mass is 426 g/mol. The first-order valence-electron chi connectivity index (χ1n) is 10.6. The Morgan fingerprint density at radius 1 is 0.938 bits per heavy atom. The molecule has 4 heteroatoms. The number of hydrogen-bond donors (Lipinski definition) is 0. The lowest BCUT2D eigenvalue weighted by atomic mass is 9.87. The molecular formula is C28H26O4. The van der Waals surface area contributed by atoms with Gasteiger partial charge in [-0.05, 0) is 65.8 Å². The maximum Gasteiger partial charge on any atom is 0.343 e. The zero-order chi connectivity index (χ0) is 23.0. The third-order valence-corrected chi connectivity index (χ3v) is 5.62. The van der Waals surface area contributed by atoms with Gasteiger partial charge in [-0.25, -0.2) is 4.79 Å². The van der Waals surface area contributed by atoms with E-state index in [0.29, 0.717) is 28.2 Å². The van der Waals surface area contributed by atoms with Gasteiger partial charge in [0.25, 0.3) is 0 Å². The van der Waals surface area contributed by atoms with Crippen molar-refractivity contribution in [1.82, 2.24) is 0 Å². The number of carbonyl (C=O) groups excluding carboxylic acids is 2. The zero-order valence-electron chi connectivity index (χ0n) is 19.0. The molecule has 0 fully saturated rings. The Hall–Kier alpha value is -3.66. The summed E-state index contributed by atoms with van der Waals surface area (Å²) in [4.78, 5) is 25.6. The van der Waals surface area contributed by atoms with Crippen molar-refractivity contribution in [3.8, 4) is 11.5 Å². The number of hydrogen-bond acceptors (Lipinski definition) is 4. The van der Waals surface area contributed by atoms with Crippen LogP contribution in [0.25, 0.3) is 6.08 Å². The van der Waals surface area contributed by atoms with Gasteiger partial charge in [-0.3, -0.25) is 4.79 Å². The van der Waals surface area contributed by atoms with E-state index in [1.54, 1.807) is 30.3 Å². The molecule has 0 spiro atoms. The maximum absolute atomic E-state index is 12.9. The van der Waals surface area contributed by atoms with Crippen molar-refractivity contribution >= 4 is 17.8 Å². The predicted octanol–water partition coefficient (Wildman–Crippen LogP) is 6.44. The molecule has 4 nitrogen and oxygen atoms in total. The Labute approximate surface area is 188 Å². The largest absolute Gasteiger partial charge is 0.452 e. The highest BCUT2D eigenvalue weighted by molar-refractivity contribution is 6.15. The lowest BCUT2D eigenvalue weighted by molar-refractivity contribution is 0.0734. The van der Waals surface area contributed by atoms with E-state index in [4.69, 9.17) is 9.47 Å². The molecule has 0 bridgehead atoms. The third-order valence-electron chi connectivity index (χ3n) is 5.62. The van der Waals surface area contributed by atoms with Crippen molar-refractivity contribution in [3.05, 3.63) is 99.8 Å². The van der Waals surface area contributed by atoms with Crippen LogP contribution in [-0.2, 0) is 5.41 Å². The molecule has 1 aliphatic rings. The van der Waals surface area contributed by atoms with Gasteiger partial charge in [-0.15, -0.1) is 0 Å². The molecule has 0 aliphatic carbocycles. The van der Waals surface area contributed by atoms with Gasteiger partial charge in [0.15, 0.2) is 5.76 Å². The van der Waals surface area contributed by atoms with Gasteiger partial charge in [-0.2, -0.15) is 0 Å². The Morgan fingerprint density at radius 2 is 1.62 bits per heavy atom. The fraction of sp³-hybridized carbons (Fsp3) is 0.214. The van der Waals surface area contributed by atoms with E-state index >= 15 is 0 Å². The zero-order valence-corrected chi connectivity index (χ0v) is 19.0. The van der Waals surface area contributed by atoms with E-state index in [1.165, 1.54) is 0 Å². The number of benzene rings is 3. The average Bonchev–Trinajstić information content (AvgIpc) is 3.04. The summed E-state index contributed by atoms with van der Waals surface area (Å²) in [6.45, 7) is 10.2. The van der Waals surface area contributed by atoms with E-state index < -0.39 is 5.97 Å². The van der Waals surface area contributed by atoms with E-state index in [2.05, 4.69) is 20.8 Å². The van der Waals surface area contributed by atoms with Crippen LogP contribution in [0.5, 0.6) is 11.5 Å². The fourth-order valence-electron chi connectivity index (χ4n) is 3.70. The molecule has 0 radical (unpaired) electrons. The summed E-state index contributed by atoms with van der Waals surface area (Å²) in [5.41, 5.74) is 4.79. The van der Waals surface area contributed by atoms with Crippen LogP contribution >= 0.6 is 0 Å². The lowest BCUT2D eigenvalue weighted by Crippen LogP contribution is -2.13. The van der Waals surface area contributed by atoms with Crippen LogP contribution < -0.4 is 9.47 Å². The molecular weight excluding hydrogens is 400 g/mol. The fourth-order valence-corrected chi connectivity index (χ4v) is 3.70. The molecule has 4 rings (SSSR count). The quantitative estimate of drug-likeness (QED) is 0.275. The molecule has 162 valence electrons. The Kier molecular flexibility index (Phi) is 5.47. The van der Waals surface area contributed by atoms with Crippen molar-refractivity contribution in [3.63, 3.8) is 0 Å². The van der Waals surface area contributed by atoms with Crippen molar-refractivity contribution in [2.75, 3.05) is 0 Å². The molecule has 0 N–H and O–H groups in total. The topological polar surface area (TPSA) is 52.6 Å². The van der Waals surface area contributed by atoms with Crippen molar-refractivity contribution < 1.29 is 19.1 Å².